The molecule has 2 aromatic rings. The van der Waals surface area contributed by atoms with E-state index in [2.05, 4.69) is 30.3 Å². The molecule has 1 heterocycles. The van der Waals surface area contributed by atoms with Gasteiger partial charge in [0, 0.05) is 0 Å². The second-order valence-corrected chi connectivity index (χ2v) is 4.35. The van der Waals surface area contributed by atoms with Gasteiger partial charge in [-0.2, -0.15) is 11.8 Å². The van der Waals surface area contributed by atoms with Crippen LogP contribution in [0.1, 0.15) is 18.4 Å². The predicted octanol–water partition coefficient (Wildman–Crippen LogP) is 3.29. The van der Waals surface area contributed by atoms with Gasteiger partial charge in [-0.05, 0) is 35.6 Å². The molecular formula is C11H13NOS. The zero-order chi connectivity index (χ0) is 9.97. The molecule has 0 saturated carbocycles. The predicted molar refractivity (Wildman–Crippen MR) is 60.8 cm³/mol. The lowest BCUT2D eigenvalue weighted by Crippen LogP contribution is -1.95. The van der Waals surface area contributed by atoms with E-state index in [4.69, 9.17) is 4.42 Å². The Hall–Kier alpha value is -0.960. The number of thioether (sulfide) groups is 1. The first kappa shape index (κ1) is 9.59. The van der Waals surface area contributed by atoms with Crippen LogP contribution in [0.2, 0.25) is 0 Å². The summed E-state index contributed by atoms with van der Waals surface area (Å²) in [7, 11) is 0. The quantitative estimate of drug-likeness (QED) is 0.772. The number of nitrogens with zero attached hydrogens (tertiary/aromatic N) is 1. The van der Waals surface area contributed by atoms with Gasteiger partial charge in [0.2, 0.25) is 0 Å². The van der Waals surface area contributed by atoms with Crippen molar-refractivity contribution in [2.75, 3.05) is 12.0 Å². The van der Waals surface area contributed by atoms with Crippen molar-refractivity contribution in [2.45, 2.75) is 12.8 Å². The molecule has 0 spiro atoms. The highest BCUT2D eigenvalue weighted by molar-refractivity contribution is 7.98. The number of rotatable bonds is 3. The summed E-state index contributed by atoms with van der Waals surface area (Å²) in [5.41, 5.74) is 3.15. The smallest absolute Gasteiger partial charge is 0.181 e. The van der Waals surface area contributed by atoms with Gasteiger partial charge in [0.25, 0.3) is 0 Å². The van der Waals surface area contributed by atoms with Crippen LogP contribution in [0.25, 0.3) is 11.1 Å². The number of hydrogen-bond donors (Lipinski definition) is 0. The van der Waals surface area contributed by atoms with E-state index >= 15 is 0 Å². The molecule has 1 aromatic carbocycles. The van der Waals surface area contributed by atoms with Gasteiger partial charge in [-0.25, -0.2) is 4.98 Å². The maximum Gasteiger partial charge on any atom is 0.181 e. The lowest BCUT2D eigenvalue weighted by molar-refractivity contribution is 0.602. The second kappa shape index (κ2) is 4.05. The molecule has 2 rings (SSSR count). The highest BCUT2D eigenvalue weighted by Crippen LogP contribution is 2.22. The van der Waals surface area contributed by atoms with E-state index < -0.39 is 0 Å². The SMILES string of the molecule is CSCC(C)c1ccc2ocnc2c1. The number of hydrogen-bond acceptors (Lipinski definition) is 3. The van der Waals surface area contributed by atoms with Crippen LogP contribution < -0.4 is 0 Å². The molecular weight excluding hydrogens is 194 g/mol. The summed E-state index contributed by atoms with van der Waals surface area (Å²) < 4.78 is 5.20. The van der Waals surface area contributed by atoms with Gasteiger partial charge in [0.1, 0.15) is 5.52 Å². The summed E-state index contributed by atoms with van der Waals surface area (Å²) in [6, 6.07) is 6.22. The first-order valence-electron chi connectivity index (χ1n) is 4.63. The molecule has 1 aromatic heterocycles. The van der Waals surface area contributed by atoms with Crippen molar-refractivity contribution in [3.05, 3.63) is 30.2 Å². The Kier molecular flexibility index (Phi) is 2.77. The van der Waals surface area contributed by atoms with Crippen molar-refractivity contribution < 1.29 is 4.42 Å². The van der Waals surface area contributed by atoms with E-state index in [9.17, 15) is 0 Å². The monoisotopic (exact) mass is 207 g/mol. The molecule has 0 aliphatic heterocycles. The fourth-order valence-corrected chi connectivity index (χ4v) is 2.22. The Morgan fingerprint density at radius 3 is 3.14 bits per heavy atom. The maximum absolute atomic E-state index is 5.20. The first-order chi connectivity index (χ1) is 6.81. The average Bonchev–Trinajstić information content (AvgIpc) is 2.64. The van der Waals surface area contributed by atoms with E-state index in [-0.39, 0.29) is 0 Å². The summed E-state index contributed by atoms with van der Waals surface area (Å²) in [5.74, 6) is 1.72. The van der Waals surface area contributed by atoms with Crippen molar-refractivity contribution in [2.24, 2.45) is 0 Å². The van der Waals surface area contributed by atoms with Crippen molar-refractivity contribution in [3.8, 4) is 0 Å². The zero-order valence-corrected chi connectivity index (χ0v) is 9.17. The molecule has 0 amide bonds. The summed E-state index contributed by atoms with van der Waals surface area (Å²) in [4.78, 5) is 4.15. The molecule has 74 valence electrons. The molecule has 14 heavy (non-hydrogen) atoms. The minimum Gasteiger partial charge on any atom is -0.443 e. The third-order valence-electron chi connectivity index (χ3n) is 2.34. The standard InChI is InChI=1S/C11H13NOS/c1-8(6-14-2)9-3-4-11-10(5-9)12-7-13-11/h3-5,7-8H,6H2,1-2H3. The molecule has 0 saturated heterocycles. The molecule has 0 bridgehead atoms. The van der Waals surface area contributed by atoms with Crippen molar-refractivity contribution >= 4 is 22.9 Å². The Balaban J connectivity index is 2.33. The van der Waals surface area contributed by atoms with Crippen molar-refractivity contribution in [1.82, 2.24) is 4.98 Å². The van der Waals surface area contributed by atoms with Gasteiger partial charge in [-0.3, -0.25) is 0 Å². The molecule has 1 atom stereocenters. The molecule has 0 N–H and O–H groups in total. The van der Waals surface area contributed by atoms with E-state index in [1.807, 2.05) is 17.8 Å². The van der Waals surface area contributed by atoms with Crippen LogP contribution in [0.3, 0.4) is 0 Å². The van der Waals surface area contributed by atoms with E-state index in [0.717, 1.165) is 16.9 Å². The van der Waals surface area contributed by atoms with Gasteiger partial charge in [0.15, 0.2) is 12.0 Å². The Morgan fingerprint density at radius 2 is 2.36 bits per heavy atom. The molecule has 0 fully saturated rings. The van der Waals surface area contributed by atoms with Crippen molar-refractivity contribution in [3.63, 3.8) is 0 Å². The molecule has 0 aliphatic carbocycles. The second-order valence-electron chi connectivity index (χ2n) is 3.44. The lowest BCUT2D eigenvalue weighted by atomic mass is 10.0. The fraction of sp³-hybridized carbons (Fsp3) is 0.364. The van der Waals surface area contributed by atoms with Crippen LogP contribution in [0.4, 0.5) is 0 Å². The summed E-state index contributed by atoms with van der Waals surface area (Å²) in [6.45, 7) is 2.23. The van der Waals surface area contributed by atoms with Crippen LogP contribution in [0, 0.1) is 0 Å². The van der Waals surface area contributed by atoms with Gasteiger partial charge in [-0.15, -0.1) is 0 Å². The Morgan fingerprint density at radius 1 is 1.50 bits per heavy atom. The normalized spacial score (nSPS) is 13.3. The fourth-order valence-electron chi connectivity index (χ4n) is 1.53. The third-order valence-corrected chi connectivity index (χ3v) is 3.17. The van der Waals surface area contributed by atoms with Crippen LogP contribution in [-0.2, 0) is 0 Å². The maximum atomic E-state index is 5.20. The van der Waals surface area contributed by atoms with Crippen molar-refractivity contribution in [1.29, 1.82) is 0 Å². The zero-order valence-electron chi connectivity index (χ0n) is 8.36. The number of benzene rings is 1. The van der Waals surface area contributed by atoms with Crippen LogP contribution >= 0.6 is 11.8 Å². The molecule has 0 radical (unpaired) electrons. The van der Waals surface area contributed by atoms with Crippen LogP contribution in [0.5, 0.6) is 0 Å². The third kappa shape index (κ3) is 1.77. The summed E-state index contributed by atoms with van der Waals surface area (Å²) in [5, 5.41) is 0. The summed E-state index contributed by atoms with van der Waals surface area (Å²) >= 11 is 1.87. The van der Waals surface area contributed by atoms with Gasteiger partial charge in [-0.1, -0.05) is 13.0 Å². The minimum atomic E-state index is 0.575. The Bertz CT molecular complexity index is 424. The van der Waals surface area contributed by atoms with E-state index in [0.29, 0.717) is 5.92 Å². The van der Waals surface area contributed by atoms with Gasteiger partial charge in [0.05, 0.1) is 0 Å². The molecule has 3 heteroatoms. The van der Waals surface area contributed by atoms with Gasteiger partial charge >= 0.3 is 0 Å². The van der Waals surface area contributed by atoms with Crippen LogP contribution in [-0.4, -0.2) is 17.0 Å². The molecule has 0 aliphatic rings. The molecule has 1 unspecified atom stereocenters. The molecule has 2 nitrogen and oxygen atoms in total. The lowest BCUT2D eigenvalue weighted by Gasteiger charge is -2.09. The first-order valence-corrected chi connectivity index (χ1v) is 6.02. The van der Waals surface area contributed by atoms with E-state index in [1.54, 1.807) is 0 Å². The summed E-state index contributed by atoms with van der Waals surface area (Å²) in [6.07, 6.45) is 3.62. The highest BCUT2D eigenvalue weighted by Gasteiger charge is 2.06. The largest absolute Gasteiger partial charge is 0.443 e. The number of fused-ring (bicyclic) bond motifs is 1. The van der Waals surface area contributed by atoms with E-state index in [1.165, 1.54) is 12.0 Å². The topological polar surface area (TPSA) is 26.0 Å². The van der Waals surface area contributed by atoms with Gasteiger partial charge < -0.3 is 4.42 Å². The number of aromatic nitrogens is 1. The number of oxazole rings is 1. The average molecular weight is 207 g/mol. The highest BCUT2D eigenvalue weighted by atomic mass is 32.2. The van der Waals surface area contributed by atoms with Crippen LogP contribution in [0.15, 0.2) is 29.0 Å². The minimum absolute atomic E-state index is 0.575. The Labute approximate surface area is 87.7 Å².